The molecule has 0 fully saturated rings. The fourth-order valence-corrected chi connectivity index (χ4v) is 3.07. The lowest BCUT2D eigenvalue weighted by Crippen LogP contribution is -2.17. The molecule has 0 saturated carbocycles. The maximum Gasteiger partial charge on any atom is 0.234 e. The van der Waals surface area contributed by atoms with Gasteiger partial charge in [0, 0.05) is 12.6 Å². The van der Waals surface area contributed by atoms with Crippen molar-refractivity contribution >= 4 is 29.3 Å². The maximum atomic E-state index is 12.0. The van der Waals surface area contributed by atoms with Gasteiger partial charge >= 0.3 is 0 Å². The van der Waals surface area contributed by atoms with E-state index in [1.54, 1.807) is 6.26 Å². The number of para-hydroxylation sites is 1. The number of aromatic nitrogens is 3. The molecule has 0 radical (unpaired) electrons. The lowest BCUT2D eigenvalue weighted by molar-refractivity contribution is -0.113. The number of hydrogen-bond acceptors (Lipinski definition) is 6. The molecule has 0 spiro atoms. The van der Waals surface area contributed by atoms with Crippen LogP contribution in [-0.2, 0) is 9.53 Å². The Morgan fingerprint density at radius 1 is 1.33 bits per heavy atom. The van der Waals surface area contributed by atoms with Crippen molar-refractivity contribution in [1.82, 2.24) is 14.8 Å². The van der Waals surface area contributed by atoms with Gasteiger partial charge in [-0.15, -0.1) is 10.2 Å². The van der Waals surface area contributed by atoms with Gasteiger partial charge < -0.3 is 10.1 Å². The topological polar surface area (TPSA) is 86.1 Å². The van der Waals surface area contributed by atoms with Crippen LogP contribution in [0.25, 0.3) is 0 Å². The van der Waals surface area contributed by atoms with E-state index in [2.05, 4.69) is 15.5 Å². The lowest BCUT2D eigenvalue weighted by atomic mass is 10.1. The van der Waals surface area contributed by atoms with E-state index < -0.39 is 0 Å². The molecule has 8 heteroatoms. The minimum Gasteiger partial charge on any atom is -0.500 e. The predicted octanol–water partition coefficient (Wildman–Crippen LogP) is 2.30. The van der Waals surface area contributed by atoms with Crippen LogP contribution < -0.4 is 5.32 Å². The first-order valence-corrected chi connectivity index (χ1v) is 8.36. The Balaban J connectivity index is 1.67. The highest BCUT2D eigenvalue weighted by Crippen LogP contribution is 2.25. The Bertz CT molecular complexity index is 773. The van der Waals surface area contributed by atoms with Gasteiger partial charge in [0.25, 0.3) is 0 Å². The molecule has 1 unspecified atom stereocenters. The number of nitrogens with one attached hydrogen (secondary N) is 1. The summed E-state index contributed by atoms with van der Waals surface area (Å²) in [6.45, 7) is 1.88. The van der Waals surface area contributed by atoms with Crippen LogP contribution in [0.15, 0.2) is 47.8 Å². The molecule has 0 aliphatic carbocycles. The van der Waals surface area contributed by atoms with Crippen molar-refractivity contribution in [2.45, 2.75) is 18.0 Å². The highest BCUT2D eigenvalue weighted by molar-refractivity contribution is 7.99. The number of thioether (sulfide) groups is 1. The van der Waals surface area contributed by atoms with Gasteiger partial charge in [0.1, 0.15) is 6.61 Å². The van der Waals surface area contributed by atoms with Crippen molar-refractivity contribution in [2.75, 3.05) is 17.7 Å². The minimum atomic E-state index is -0.193. The first kappa shape index (κ1) is 16.3. The first-order valence-electron chi connectivity index (χ1n) is 7.37. The summed E-state index contributed by atoms with van der Waals surface area (Å²) >= 11 is 1.17. The Kier molecular flexibility index (Phi) is 4.95. The van der Waals surface area contributed by atoms with E-state index in [4.69, 9.17) is 4.74 Å². The standard InChI is InChI=1S/C16H16N4O3S/c1-11(21)20-15(12-7-8-23-9-12)18-19-16(20)24-10-14(22)17-13-5-3-2-4-6-13/h2-8,12H,9-10H2,1H3,(H,17,22). The zero-order valence-corrected chi connectivity index (χ0v) is 13.8. The number of anilines is 1. The molecule has 7 nitrogen and oxygen atoms in total. The summed E-state index contributed by atoms with van der Waals surface area (Å²) in [5.41, 5.74) is 0.727. The van der Waals surface area contributed by atoms with Gasteiger partial charge in [0.05, 0.1) is 17.9 Å². The van der Waals surface area contributed by atoms with Crippen LogP contribution in [0, 0.1) is 0 Å². The minimum absolute atomic E-state index is 0.103. The summed E-state index contributed by atoms with van der Waals surface area (Å²) in [7, 11) is 0. The fraction of sp³-hybridized carbons (Fsp3) is 0.250. The van der Waals surface area contributed by atoms with Gasteiger partial charge in [-0.1, -0.05) is 30.0 Å². The van der Waals surface area contributed by atoms with E-state index in [0.29, 0.717) is 17.6 Å². The first-order chi connectivity index (χ1) is 11.6. The molecule has 1 amide bonds. The van der Waals surface area contributed by atoms with Gasteiger partial charge in [0.15, 0.2) is 11.0 Å². The third-order valence-electron chi connectivity index (χ3n) is 3.38. The molecule has 2 heterocycles. The van der Waals surface area contributed by atoms with Crippen LogP contribution in [0.5, 0.6) is 0 Å². The summed E-state index contributed by atoms with van der Waals surface area (Å²) in [6, 6.07) is 9.19. The second kappa shape index (κ2) is 7.31. The highest BCUT2D eigenvalue weighted by atomic mass is 32.2. The summed E-state index contributed by atoms with van der Waals surface area (Å²) in [5, 5.41) is 11.3. The average Bonchev–Trinajstić information content (AvgIpc) is 3.23. The molecule has 1 N–H and O–H groups in total. The molecule has 124 valence electrons. The van der Waals surface area contributed by atoms with Crippen LogP contribution in [-0.4, -0.2) is 38.9 Å². The molecule has 24 heavy (non-hydrogen) atoms. The molecular weight excluding hydrogens is 328 g/mol. The second-order valence-corrected chi connectivity index (χ2v) is 6.11. The molecule has 2 aromatic rings. The van der Waals surface area contributed by atoms with Gasteiger partial charge in [-0.25, -0.2) is 4.57 Å². The van der Waals surface area contributed by atoms with E-state index >= 15 is 0 Å². The van der Waals surface area contributed by atoms with Crippen LogP contribution in [0.4, 0.5) is 5.69 Å². The summed E-state index contributed by atoms with van der Waals surface area (Å²) < 4.78 is 6.61. The number of rotatable bonds is 5. The third-order valence-corrected chi connectivity index (χ3v) is 4.31. The van der Waals surface area contributed by atoms with E-state index in [0.717, 1.165) is 5.69 Å². The van der Waals surface area contributed by atoms with Crippen molar-refractivity contribution in [3.05, 3.63) is 48.5 Å². The molecule has 1 aromatic heterocycles. The molecule has 1 aliphatic heterocycles. The Morgan fingerprint density at radius 3 is 2.79 bits per heavy atom. The SMILES string of the molecule is CC(=O)n1c(SCC(=O)Nc2ccccc2)nnc1C1C=COC1. The summed E-state index contributed by atoms with van der Waals surface area (Å²) in [6.07, 6.45) is 3.42. The zero-order chi connectivity index (χ0) is 16.9. The van der Waals surface area contributed by atoms with Gasteiger partial charge in [-0.05, 0) is 18.2 Å². The molecule has 1 aromatic carbocycles. The number of carbonyl (C=O) groups excluding carboxylic acids is 2. The van der Waals surface area contributed by atoms with E-state index in [-0.39, 0.29) is 23.5 Å². The number of hydrogen-bond donors (Lipinski definition) is 1. The molecule has 3 rings (SSSR count). The predicted molar refractivity (Wildman–Crippen MR) is 90.0 cm³/mol. The number of benzene rings is 1. The van der Waals surface area contributed by atoms with Crippen LogP contribution >= 0.6 is 11.8 Å². The van der Waals surface area contributed by atoms with Gasteiger partial charge in [-0.3, -0.25) is 9.59 Å². The fourth-order valence-electron chi connectivity index (χ4n) is 2.29. The van der Waals surface area contributed by atoms with Crippen molar-refractivity contribution in [2.24, 2.45) is 0 Å². The largest absolute Gasteiger partial charge is 0.500 e. The van der Waals surface area contributed by atoms with Crippen molar-refractivity contribution < 1.29 is 14.3 Å². The van der Waals surface area contributed by atoms with E-state index in [1.165, 1.54) is 23.3 Å². The monoisotopic (exact) mass is 344 g/mol. The lowest BCUT2D eigenvalue weighted by Gasteiger charge is -2.09. The molecule has 1 atom stereocenters. The smallest absolute Gasteiger partial charge is 0.234 e. The Labute approximate surface area is 143 Å². The van der Waals surface area contributed by atoms with Crippen molar-refractivity contribution in [3.63, 3.8) is 0 Å². The zero-order valence-electron chi connectivity index (χ0n) is 13.0. The maximum absolute atomic E-state index is 12.0. The van der Waals surface area contributed by atoms with E-state index in [1.807, 2.05) is 36.4 Å². The molecular formula is C16H16N4O3S. The summed E-state index contributed by atoms with van der Waals surface area (Å²) in [4.78, 5) is 24.0. The van der Waals surface area contributed by atoms with Crippen LogP contribution in [0.2, 0.25) is 0 Å². The number of nitrogens with zero attached hydrogens (tertiary/aromatic N) is 3. The second-order valence-electron chi connectivity index (χ2n) is 5.17. The van der Waals surface area contributed by atoms with E-state index in [9.17, 15) is 9.59 Å². The van der Waals surface area contributed by atoms with Crippen molar-refractivity contribution in [1.29, 1.82) is 0 Å². The van der Waals surface area contributed by atoms with Crippen LogP contribution in [0.3, 0.4) is 0 Å². The van der Waals surface area contributed by atoms with Gasteiger partial charge in [0.2, 0.25) is 11.8 Å². The number of carbonyl (C=O) groups is 2. The third kappa shape index (κ3) is 3.65. The molecule has 0 saturated heterocycles. The normalized spacial score (nSPS) is 16.0. The Hall–Kier alpha value is -2.61. The highest BCUT2D eigenvalue weighted by Gasteiger charge is 2.25. The van der Waals surface area contributed by atoms with Gasteiger partial charge in [-0.2, -0.15) is 0 Å². The summed E-state index contributed by atoms with van der Waals surface area (Å²) in [5.74, 6) is 0.199. The quantitative estimate of drug-likeness (QED) is 0.838. The Morgan fingerprint density at radius 2 is 2.12 bits per heavy atom. The van der Waals surface area contributed by atoms with Crippen molar-refractivity contribution in [3.8, 4) is 0 Å². The average molecular weight is 344 g/mol. The number of ether oxygens (including phenoxy) is 1. The van der Waals surface area contributed by atoms with Crippen LogP contribution in [0.1, 0.15) is 23.5 Å². The molecule has 1 aliphatic rings. The number of amides is 1. The molecule has 0 bridgehead atoms.